The normalized spacial score (nSPS) is 14.5. The monoisotopic (exact) mass is 735 g/mol. The maximum atomic E-state index is 2.51. The number of rotatable bonds is 5. The summed E-state index contributed by atoms with van der Waals surface area (Å²) in [5, 5.41) is 5.70. The minimum Gasteiger partial charge on any atom is -0.310 e. The molecule has 2 aliphatic carbocycles. The van der Waals surface area contributed by atoms with Crippen molar-refractivity contribution in [3.63, 3.8) is 0 Å². The minimum atomic E-state index is -0.0823. The van der Waals surface area contributed by atoms with Gasteiger partial charge >= 0.3 is 0 Å². The Bertz CT molecular complexity index is 3000. The molecule has 0 radical (unpaired) electrons. The van der Waals surface area contributed by atoms with Crippen molar-refractivity contribution in [1.29, 1.82) is 0 Å². The summed E-state index contributed by atoms with van der Waals surface area (Å²) in [5.74, 6) is 0. The van der Waals surface area contributed by atoms with E-state index in [0.29, 0.717) is 8.19 Å². The summed E-state index contributed by atoms with van der Waals surface area (Å²) in [6.07, 6.45) is 0. The largest absolute Gasteiger partial charge is 0.310 e. The number of nitrogens with zero attached hydrogens (tertiary/aromatic N) is 1. The molecule has 0 saturated heterocycles. The van der Waals surface area contributed by atoms with Crippen LogP contribution >= 0.6 is 8.19 Å². The summed E-state index contributed by atoms with van der Waals surface area (Å²) in [5.41, 5.74) is 19.4. The molecule has 0 fully saturated rings. The lowest BCUT2D eigenvalue weighted by Gasteiger charge is -2.28. The lowest BCUT2D eigenvalue weighted by atomic mass is 9.82. The van der Waals surface area contributed by atoms with Crippen LogP contribution in [0.1, 0.15) is 49.9 Å². The van der Waals surface area contributed by atoms with E-state index in [0.717, 1.165) is 17.1 Å². The smallest absolute Gasteiger partial charge is 0.0465 e. The summed E-state index contributed by atoms with van der Waals surface area (Å²) < 4.78 is 0. The highest BCUT2D eigenvalue weighted by Crippen LogP contribution is 2.53. The van der Waals surface area contributed by atoms with Gasteiger partial charge in [-0.2, -0.15) is 0 Å². The van der Waals surface area contributed by atoms with Crippen LogP contribution in [0.25, 0.3) is 65.5 Å². The van der Waals surface area contributed by atoms with Crippen molar-refractivity contribution in [2.45, 2.75) is 38.5 Å². The van der Waals surface area contributed by atoms with Crippen molar-refractivity contribution >= 4 is 46.3 Å². The van der Waals surface area contributed by atoms with Gasteiger partial charge in [-0.1, -0.05) is 143 Å². The van der Waals surface area contributed by atoms with Crippen molar-refractivity contribution < 1.29 is 0 Å². The van der Waals surface area contributed by atoms with E-state index in [-0.39, 0.29) is 10.8 Å². The number of hydrogen-bond donors (Lipinski definition) is 0. The predicted molar refractivity (Wildman–Crippen MR) is 242 cm³/mol. The number of hydrogen-bond acceptors (Lipinski definition) is 1. The van der Waals surface area contributed by atoms with E-state index in [2.05, 4.69) is 209 Å². The molecule has 2 heteroatoms. The molecule has 1 nitrogen and oxygen atoms in total. The third kappa shape index (κ3) is 4.94. The second-order valence-corrected chi connectivity index (χ2v) is 18.0. The Hall–Kier alpha value is -6.14. The molecule has 0 amide bonds. The van der Waals surface area contributed by atoms with E-state index in [1.807, 2.05) is 0 Å². The van der Waals surface area contributed by atoms with Crippen molar-refractivity contribution in [2.24, 2.45) is 0 Å². The van der Waals surface area contributed by atoms with Gasteiger partial charge in [0.15, 0.2) is 0 Å². The molecule has 0 bridgehead atoms. The van der Waals surface area contributed by atoms with Crippen molar-refractivity contribution in [1.82, 2.24) is 0 Å². The summed E-state index contributed by atoms with van der Waals surface area (Å²) in [6, 6.07) is 65.9. The average molecular weight is 736 g/mol. The molecule has 268 valence electrons. The summed E-state index contributed by atoms with van der Waals surface area (Å²) in [7, 11) is 0.684. The Balaban J connectivity index is 0.997. The molecule has 0 aliphatic heterocycles. The van der Waals surface area contributed by atoms with Crippen LogP contribution in [-0.4, -0.2) is 0 Å². The maximum absolute atomic E-state index is 2.51. The first-order valence-corrected chi connectivity index (χ1v) is 20.8. The van der Waals surface area contributed by atoms with Crippen LogP contribution < -0.4 is 4.90 Å². The topological polar surface area (TPSA) is 3.24 Å². The van der Waals surface area contributed by atoms with Crippen LogP contribution in [-0.2, 0) is 10.8 Å². The fourth-order valence-electron chi connectivity index (χ4n) is 9.79. The highest BCUT2D eigenvalue weighted by Gasteiger charge is 2.37. The molecule has 2 aliphatic rings. The molecule has 11 rings (SSSR count). The third-order valence-corrected chi connectivity index (χ3v) is 14.2. The van der Waals surface area contributed by atoms with Gasteiger partial charge in [0.2, 0.25) is 0 Å². The predicted octanol–water partition coefficient (Wildman–Crippen LogP) is 15.4. The molecule has 0 saturated carbocycles. The van der Waals surface area contributed by atoms with Crippen LogP contribution in [0.2, 0.25) is 0 Å². The summed E-state index contributed by atoms with van der Waals surface area (Å²) in [4.78, 5) is 2.41. The highest BCUT2D eigenvalue weighted by molar-refractivity contribution is 7.43. The van der Waals surface area contributed by atoms with Gasteiger partial charge < -0.3 is 4.90 Å². The number of benzene rings is 8. The van der Waals surface area contributed by atoms with E-state index < -0.39 is 0 Å². The van der Waals surface area contributed by atoms with Crippen LogP contribution in [0.15, 0.2) is 176 Å². The molecular weight excluding hydrogens is 694 g/mol. The quantitative estimate of drug-likeness (QED) is 0.170. The average Bonchev–Trinajstić information content (AvgIpc) is 3.79. The fraction of sp³-hybridized carbons (Fsp3) is 0.111. The van der Waals surface area contributed by atoms with Crippen molar-refractivity contribution in [3.05, 3.63) is 198 Å². The van der Waals surface area contributed by atoms with Gasteiger partial charge in [0.25, 0.3) is 0 Å². The lowest BCUT2D eigenvalue weighted by molar-refractivity contribution is 0.660. The van der Waals surface area contributed by atoms with Gasteiger partial charge in [-0.05, 0) is 148 Å². The summed E-state index contributed by atoms with van der Waals surface area (Å²) >= 11 is 0. The van der Waals surface area contributed by atoms with Crippen LogP contribution in [0.3, 0.4) is 0 Å². The Labute approximate surface area is 331 Å². The Morgan fingerprint density at radius 1 is 0.339 bits per heavy atom. The van der Waals surface area contributed by atoms with Crippen molar-refractivity contribution in [2.75, 3.05) is 4.90 Å². The Kier molecular flexibility index (Phi) is 7.22. The Morgan fingerprint density at radius 3 is 1.48 bits per heavy atom. The van der Waals surface area contributed by atoms with Gasteiger partial charge in [-0.15, -0.1) is 8.19 Å². The van der Waals surface area contributed by atoms with E-state index in [1.54, 1.807) is 0 Å². The third-order valence-electron chi connectivity index (χ3n) is 12.8. The standard InChI is InChI=1S/C54H42NP/c1-53(2)47-16-10-8-14-41(47)43-28-27-40(31-49(43)53)55(38-23-18-35(19-24-38)34-12-6-5-7-13-34)39-25-20-36(21-26-39)37-22-29-51-45(30-37)46-32-44-42-15-9-11-17-48(42)54(3,4)50(44)33-52(46)56-51/h5-33,56H,1-4H3. The molecule has 1 unspecified atom stereocenters. The first-order valence-electron chi connectivity index (χ1n) is 19.8. The van der Waals surface area contributed by atoms with Gasteiger partial charge in [0.1, 0.15) is 0 Å². The maximum Gasteiger partial charge on any atom is 0.0465 e. The van der Waals surface area contributed by atoms with Gasteiger partial charge in [-0.25, -0.2) is 0 Å². The van der Waals surface area contributed by atoms with Crippen molar-refractivity contribution in [3.8, 4) is 44.5 Å². The SMILES string of the molecule is CC1(C)c2ccccc2-c2ccc(N(c3ccc(-c4ccccc4)cc3)c3ccc(-c4ccc5[pH]c6cc7c(cc6c5c4)-c4ccccc4C7(C)C)cc3)cc21. The van der Waals surface area contributed by atoms with Gasteiger partial charge in [0, 0.05) is 27.9 Å². The molecule has 1 aromatic heterocycles. The highest BCUT2D eigenvalue weighted by atomic mass is 31.0. The molecule has 9 aromatic rings. The van der Waals surface area contributed by atoms with E-state index >= 15 is 0 Å². The zero-order chi connectivity index (χ0) is 37.8. The zero-order valence-corrected chi connectivity index (χ0v) is 33.2. The van der Waals surface area contributed by atoms with Crippen LogP contribution in [0, 0.1) is 0 Å². The fourth-order valence-corrected chi connectivity index (χ4v) is 11.1. The molecular formula is C54H42NP. The first-order chi connectivity index (χ1) is 27.3. The second-order valence-electron chi connectivity index (χ2n) is 16.7. The molecule has 1 heterocycles. The Morgan fingerprint density at radius 2 is 0.821 bits per heavy atom. The number of fused-ring (bicyclic) bond motifs is 9. The number of anilines is 3. The minimum absolute atomic E-state index is 0.0198. The van der Waals surface area contributed by atoms with E-state index in [9.17, 15) is 0 Å². The molecule has 56 heavy (non-hydrogen) atoms. The van der Waals surface area contributed by atoms with Crippen LogP contribution in [0.5, 0.6) is 0 Å². The molecule has 0 N–H and O–H groups in total. The first kappa shape index (κ1) is 33.2. The van der Waals surface area contributed by atoms with Crippen LogP contribution in [0.4, 0.5) is 17.1 Å². The molecule has 1 atom stereocenters. The lowest BCUT2D eigenvalue weighted by Crippen LogP contribution is -2.16. The van der Waals surface area contributed by atoms with E-state index in [1.165, 1.54) is 87.8 Å². The van der Waals surface area contributed by atoms with Gasteiger partial charge in [0.05, 0.1) is 0 Å². The summed E-state index contributed by atoms with van der Waals surface area (Å²) in [6.45, 7) is 9.47. The van der Waals surface area contributed by atoms with Gasteiger partial charge in [-0.3, -0.25) is 0 Å². The zero-order valence-electron chi connectivity index (χ0n) is 32.2. The van der Waals surface area contributed by atoms with E-state index in [4.69, 9.17) is 0 Å². The molecule has 0 spiro atoms. The molecule has 8 aromatic carbocycles. The second kappa shape index (κ2) is 12.2.